The van der Waals surface area contributed by atoms with Crippen molar-refractivity contribution in [3.8, 4) is 0 Å². The molecule has 2 aromatic rings. The second-order valence-electron chi connectivity index (χ2n) is 10.5. The molecule has 10 heteroatoms. The van der Waals surface area contributed by atoms with Gasteiger partial charge in [-0.2, -0.15) is 13.2 Å². The van der Waals surface area contributed by atoms with Crippen molar-refractivity contribution in [1.29, 1.82) is 0 Å². The Hall–Kier alpha value is -3.30. The van der Waals surface area contributed by atoms with Crippen molar-refractivity contribution in [2.45, 2.75) is 84.8 Å². The van der Waals surface area contributed by atoms with E-state index in [1.54, 1.807) is 31.0 Å². The highest BCUT2D eigenvalue weighted by molar-refractivity contribution is 5.76. The molecule has 7 nitrogen and oxygen atoms in total. The molecule has 1 aromatic carbocycles. The molecule has 2 amide bonds. The van der Waals surface area contributed by atoms with Crippen molar-refractivity contribution in [3.05, 3.63) is 58.3 Å². The number of anilines is 1. The van der Waals surface area contributed by atoms with E-state index < -0.39 is 30.0 Å². The fourth-order valence-corrected chi connectivity index (χ4v) is 5.71. The molecule has 0 saturated carbocycles. The Balaban J connectivity index is 1.57. The molecule has 2 saturated heterocycles. The summed E-state index contributed by atoms with van der Waals surface area (Å²) in [5.74, 6) is 0.944. The van der Waals surface area contributed by atoms with Crippen molar-refractivity contribution in [2.24, 2.45) is 0 Å². The lowest BCUT2D eigenvalue weighted by Crippen LogP contribution is -2.47. The number of halogens is 3. The van der Waals surface area contributed by atoms with E-state index in [-0.39, 0.29) is 18.5 Å². The van der Waals surface area contributed by atoms with Crippen LogP contribution in [0.3, 0.4) is 0 Å². The minimum absolute atomic E-state index is 0.165. The van der Waals surface area contributed by atoms with Gasteiger partial charge in [0.25, 0.3) is 0 Å². The number of pyridine rings is 1. The number of likely N-dealkylation sites (tertiary alicyclic amines) is 1. The quantitative estimate of drug-likeness (QED) is 0.425. The Kier molecular flexibility index (Phi) is 8.42. The van der Waals surface area contributed by atoms with E-state index >= 15 is 0 Å². The fourth-order valence-electron chi connectivity index (χ4n) is 5.71. The summed E-state index contributed by atoms with van der Waals surface area (Å²) in [5, 5.41) is 0. The van der Waals surface area contributed by atoms with Crippen LogP contribution in [0.2, 0.25) is 0 Å². The maximum Gasteiger partial charge on any atom is 0.416 e. The first-order valence-electron chi connectivity index (χ1n) is 13.6. The van der Waals surface area contributed by atoms with E-state index in [1.807, 2.05) is 24.8 Å². The lowest BCUT2D eigenvalue weighted by atomic mass is 9.98. The Bertz CT molecular complexity index is 1210. The molecule has 2 atom stereocenters. The Labute approximate surface area is 227 Å². The van der Waals surface area contributed by atoms with Gasteiger partial charge in [0.15, 0.2) is 0 Å². The molecule has 0 N–H and O–H groups in total. The summed E-state index contributed by atoms with van der Waals surface area (Å²) in [6.07, 6.45) is -1.92. The summed E-state index contributed by atoms with van der Waals surface area (Å²) in [6, 6.07) is 5.53. The normalized spacial score (nSPS) is 20.4. The smallest absolute Gasteiger partial charge is 0.416 e. The molecule has 0 radical (unpaired) electrons. The Morgan fingerprint density at radius 3 is 2.41 bits per heavy atom. The first kappa shape index (κ1) is 28.7. The number of benzene rings is 1. The largest absolute Gasteiger partial charge is 0.439 e. The second-order valence-corrected chi connectivity index (χ2v) is 10.5. The van der Waals surface area contributed by atoms with Gasteiger partial charge in [-0.1, -0.05) is 18.6 Å². The summed E-state index contributed by atoms with van der Waals surface area (Å²) in [7, 11) is 0. The third kappa shape index (κ3) is 6.15. The van der Waals surface area contributed by atoms with Gasteiger partial charge in [0.2, 0.25) is 5.91 Å². The molecule has 2 fully saturated rings. The number of amides is 2. The van der Waals surface area contributed by atoms with Crippen LogP contribution in [0.25, 0.3) is 0 Å². The summed E-state index contributed by atoms with van der Waals surface area (Å²) >= 11 is 0. The number of alkyl halides is 3. The van der Waals surface area contributed by atoms with Gasteiger partial charge in [-0.05, 0) is 69.9 Å². The number of ether oxygens (including phenoxy) is 1. The zero-order chi connectivity index (χ0) is 28.5. The molecule has 212 valence electrons. The number of rotatable bonds is 7. The van der Waals surface area contributed by atoms with Gasteiger partial charge in [0, 0.05) is 43.9 Å². The van der Waals surface area contributed by atoms with Gasteiger partial charge in [-0.25, -0.2) is 9.78 Å². The van der Waals surface area contributed by atoms with Crippen LogP contribution >= 0.6 is 0 Å². The first-order chi connectivity index (χ1) is 18.4. The summed E-state index contributed by atoms with van der Waals surface area (Å²) < 4.78 is 46.0. The number of carbonyl (C=O) groups excluding carboxylic acids is 2. The predicted molar refractivity (Wildman–Crippen MR) is 142 cm³/mol. The third-order valence-electron chi connectivity index (χ3n) is 7.74. The molecule has 2 aliphatic heterocycles. The number of nitrogens with zero attached hydrogens (tertiary/aromatic N) is 4. The zero-order valence-electron chi connectivity index (χ0n) is 23.2. The number of carbonyl (C=O) groups is 2. The molecular formula is C29H37F3N4O3. The maximum atomic E-state index is 13.4. The van der Waals surface area contributed by atoms with Gasteiger partial charge >= 0.3 is 12.3 Å². The molecule has 0 spiro atoms. The SMILES string of the molecule is CCC(=O)N1CCC(N(CC)c2ncc(C)cc2CN2C(=O)O[C@H](c3cc(C)cc(C(F)(F)F)c3)[C@@H]2C)CC1. The lowest BCUT2D eigenvalue weighted by Gasteiger charge is -2.39. The van der Waals surface area contributed by atoms with Crippen LogP contribution in [0.4, 0.5) is 23.8 Å². The number of aromatic nitrogens is 1. The molecule has 0 aliphatic carbocycles. The van der Waals surface area contributed by atoms with Gasteiger partial charge in [0.05, 0.1) is 18.2 Å². The van der Waals surface area contributed by atoms with Crippen LogP contribution in [0.15, 0.2) is 30.5 Å². The predicted octanol–water partition coefficient (Wildman–Crippen LogP) is 6.03. The summed E-state index contributed by atoms with van der Waals surface area (Å²) in [4.78, 5) is 35.6. The van der Waals surface area contributed by atoms with Crippen LogP contribution in [-0.2, 0) is 22.3 Å². The topological polar surface area (TPSA) is 66.0 Å². The first-order valence-corrected chi connectivity index (χ1v) is 13.6. The van der Waals surface area contributed by atoms with Crippen LogP contribution in [-0.4, -0.2) is 58.5 Å². The van der Waals surface area contributed by atoms with Crippen molar-refractivity contribution in [3.63, 3.8) is 0 Å². The van der Waals surface area contributed by atoms with Crippen molar-refractivity contribution < 1.29 is 27.5 Å². The van der Waals surface area contributed by atoms with Crippen molar-refractivity contribution >= 4 is 17.8 Å². The van der Waals surface area contributed by atoms with Gasteiger partial charge in [-0.3, -0.25) is 9.69 Å². The highest BCUT2D eigenvalue weighted by Gasteiger charge is 2.41. The van der Waals surface area contributed by atoms with Crippen LogP contribution in [0.5, 0.6) is 0 Å². The number of hydrogen-bond acceptors (Lipinski definition) is 5. The maximum absolute atomic E-state index is 13.4. The number of aryl methyl sites for hydroxylation is 2. The average molecular weight is 547 g/mol. The fraction of sp³-hybridized carbons (Fsp3) is 0.552. The van der Waals surface area contributed by atoms with Crippen LogP contribution in [0.1, 0.15) is 74.0 Å². The monoisotopic (exact) mass is 546 g/mol. The molecular weight excluding hydrogens is 509 g/mol. The van der Waals surface area contributed by atoms with Crippen LogP contribution < -0.4 is 4.90 Å². The Morgan fingerprint density at radius 1 is 1.10 bits per heavy atom. The minimum atomic E-state index is -4.49. The zero-order valence-corrected chi connectivity index (χ0v) is 23.2. The van der Waals surface area contributed by atoms with Gasteiger partial charge < -0.3 is 14.5 Å². The van der Waals surface area contributed by atoms with E-state index in [0.29, 0.717) is 37.2 Å². The molecule has 1 aromatic heterocycles. The van der Waals surface area contributed by atoms with Crippen LogP contribution in [0, 0.1) is 13.8 Å². The summed E-state index contributed by atoms with van der Waals surface area (Å²) in [5.41, 5.74) is 1.83. The van der Waals surface area contributed by atoms with E-state index in [2.05, 4.69) is 11.8 Å². The van der Waals surface area contributed by atoms with Crippen molar-refractivity contribution in [2.75, 3.05) is 24.5 Å². The molecule has 4 rings (SSSR count). The van der Waals surface area contributed by atoms with Crippen molar-refractivity contribution in [1.82, 2.24) is 14.8 Å². The molecule has 0 bridgehead atoms. The minimum Gasteiger partial charge on any atom is -0.439 e. The molecule has 2 aliphatic rings. The number of piperidine rings is 1. The van der Waals surface area contributed by atoms with E-state index in [1.165, 1.54) is 0 Å². The lowest BCUT2D eigenvalue weighted by molar-refractivity contribution is -0.137. The van der Waals surface area contributed by atoms with E-state index in [4.69, 9.17) is 9.72 Å². The molecule has 0 unspecified atom stereocenters. The summed E-state index contributed by atoms with van der Waals surface area (Å²) in [6.45, 7) is 11.6. The van der Waals surface area contributed by atoms with E-state index in [0.717, 1.165) is 41.9 Å². The second kappa shape index (κ2) is 11.4. The van der Waals surface area contributed by atoms with Gasteiger partial charge in [0.1, 0.15) is 11.9 Å². The average Bonchev–Trinajstić information content (AvgIpc) is 3.17. The standard InChI is InChI=1S/C29H37F3N4O3/c1-6-25(37)34-10-8-24(9-11-34)35(7-2)27-22(13-19(4)16-33-27)17-36-20(5)26(39-28(36)38)21-12-18(3)14-23(15-21)29(30,31)32/h12-16,20,24,26H,6-11,17H2,1-5H3/t20-,26-/m0/s1. The highest BCUT2D eigenvalue weighted by atomic mass is 19.4. The third-order valence-corrected chi connectivity index (χ3v) is 7.74. The highest BCUT2D eigenvalue weighted by Crippen LogP contribution is 2.38. The van der Waals surface area contributed by atoms with E-state index in [9.17, 15) is 22.8 Å². The van der Waals surface area contributed by atoms with Gasteiger partial charge in [-0.15, -0.1) is 0 Å². The number of hydrogen-bond donors (Lipinski definition) is 0. The number of cyclic esters (lactones) is 1. The Morgan fingerprint density at radius 2 is 1.79 bits per heavy atom. The molecule has 3 heterocycles. The molecule has 39 heavy (non-hydrogen) atoms.